The van der Waals surface area contributed by atoms with E-state index in [1.54, 1.807) is 17.0 Å². The van der Waals surface area contributed by atoms with Crippen LogP contribution in [0.3, 0.4) is 0 Å². The molecule has 1 amide bonds. The minimum atomic E-state index is -0.242. The average Bonchev–Trinajstić information content (AvgIpc) is 2.63. The minimum Gasteiger partial charge on any atom is -0.337 e. The molecular formula is C19H18Cl2N2O2. The SMILES string of the molecule is Cc1ccc(C(=O)C2CCN(C(=O)c3nc(Cl)ccc3Cl)CC2)cc1. The van der Waals surface area contributed by atoms with Crippen molar-refractivity contribution in [3.8, 4) is 0 Å². The van der Waals surface area contributed by atoms with Gasteiger partial charge in [0.1, 0.15) is 10.8 Å². The summed E-state index contributed by atoms with van der Waals surface area (Å²) < 4.78 is 0. The van der Waals surface area contributed by atoms with Gasteiger partial charge in [0.15, 0.2) is 5.78 Å². The van der Waals surface area contributed by atoms with E-state index >= 15 is 0 Å². The van der Waals surface area contributed by atoms with Gasteiger partial charge in [0.2, 0.25) is 0 Å². The first kappa shape index (κ1) is 17.9. The molecule has 3 rings (SSSR count). The van der Waals surface area contributed by atoms with Gasteiger partial charge in [-0.15, -0.1) is 0 Å². The van der Waals surface area contributed by atoms with Gasteiger partial charge < -0.3 is 4.90 Å². The molecule has 0 aliphatic carbocycles. The minimum absolute atomic E-state index is 0.0606. The topological polar surface area (TPSA) is 50.3 Å². The van der Waals surface area contributed by atoms with E-state index in [9.17, 15) is 9.59 Å². The van der Waals surface area contributed by atoms with Gasteiger partial charge in [-0.1, -0.05) is 53.0 Å². The van der Waals surface area contributed by atoms with Crippen molar-refractivity contribution in [3.05, 3.63) is 63.4 Å². The molecule has 4 nitrogen and oxygen atoms in total. The summed E-state index contributed by atoms with van der Waals surface area (Å²) in [7, 11) is 0. The quantitative estimate of drug-likeness (QED) is 0.587. The first-order valence-corrected chi connectivity index (χ1v) is 8.93. The van der Waals surface area contributed by atoms with Crippen molar-refractivity contribution in [3.63, 3.8) is 0 Å². The van der Waals surface area contributed by atoms with Crippen LogP contribution in [0.25, 0.3) is 0 Å². The largest absolute Gasteiger partial charge is 0.337 e. The van der Waals surface area contributed by atoms with E-state index in [1.165, 1.54) is 0 Å². The van der Waals surface area contributed by atoms with Gasteiger partial charge in [-0.05, 0) is 31.9 Å². The molecule has 6 heteroatoms. The number of aromatic nitrogens is 1. The second-order valence-electron chi connectivity index (χ2n) is 6.26. The van der Waals surface area contributed by atoms with Crippen LogP contribution in [0, 0.1) is 12.8 Å². The van der Waals surface area contributed by atoms with Gasteiger partial charge >= 0.3 is 0 Å². The van der Waals surface area contributed by atoms with E-state index in [0.29, 0.717) is 25.9 Å². The van der Waals surface area contributed by atoms with Crippen molar-refractivity contribution in [2.45, 2.75) is 19.8 Å². The highest BCUT2D eigenvalue weighted by Crippen LogP contribution is 2.25. The summed E-state index contributed by atoms with van der Waals surface area (Å²) >= 11 is 11.9. The van der Waals surface area contributed by atoms with Gasteiger partial charge in [0.25, 0.3) is 5.91 Å². The molecule has 0 unspecified atom stereocenters. The molecule has 1 aromatic carbocycles. The van der Waals surface area contributed by atoms with E-state index < -0.39 is 0 Å². The van der Waals surface area contributed by atoms with Gasteiger partial charge in [-0.3, -0.25) is 9.59 Å². The van der Waals surface area contributed by atoms with E-state index in [-0.39, 0.29) is 33.5 Å². The van der Waals surface area contributed by atoms with E-state index in [1.807, 2.05) is 31.2 Å². The molecule has 2 aromatic rings. The van der Waals surface area contributed by atoms with Crippen LogP contribution in [0.15, 0.2) is 36.4 Å². The molecule has 0 spiro atoms. The second kappa shape index (κ2) is 7.54. The summed E-state index contributed by atoms with van der Waals surface area (Å²) in [5.74, 6) is -0.158. The van der Waals surface area contributed by atoms with Crippen molar-refractivity contribution in [2.24, 2.45) is 5.92 Å². The fourth-order valence-corrected chi connectivity index (χ4v) is 3.35. The van der Waals surface area contributed by atoms with Crippen LogP contribution in [0.4, 0.5) is 0 Å². The molecular weight excluding hydrogens is 359 g/mol. The highest BCUT2D eigenvalue weighted by molar-refractivity contribution is 6.34. The molecule has 130 valence electrons. The number of hydrogen-bond donors (Lipinski definition) is 0. The number of pyridine rings is 1. The first-order chi connectivity index (χ1) is 12.0. The number of piperidine rings is 1. The summed E-state index contributed by atoms with van der Waals surface area (Å²) in [6.07, 6.45) is 1.27. The van der Waals surface area contributed by atoms with Crippen LogP contribution in [0.1, 0.15) is 39.3 Å². The Balaban J connectivity index is 1.65. The van der Waals surface area contributed by atoms with E-state index in [4.69, 9.17) is 23.2 Å². The fraction of sp³-hybridized carbons (Fsp3) is 0.316. The molecule has 1 fully saturated rings. The Bertz CT molecular complexity index is 798. The number of nitrogens with zero attached hydrogens (tertiary/aromatic N) is 2. The Kier molecular flexibility index (Phi) is 5.40. The van der Waals surface area contributed by atoms with Crippen LogP contribution in [0.2, 0.25) is 10.2 Å². The summed E-state index contributed by atoms with van der Waals surface area (Å²) in [5.41, 5.74) is 2.02. The molecule has 0 radical (unpaired) electrons. The van der Waals surface area contributed by atoms with Crippen LogP contribution in [0.5, 0.6) is 0 Å². The van der Waals surface area contributed by atoms with Gasteiger partial charge in [-0.25, -0.2) is 4.98 Å². The predicted octanol–water partition coefficient (Wildman–Crippen LogP) is 4.43. The maximum atomic E-state index is 12.6. The third-order valence-electron chi connectivity index (χ3n) is 4.50. The van der Waals surface area contributed by atoms with E-state index in [2.05, 4.69) is 4.98 Å². The number of aryl methyl sites for hydroxylation is 1. The molecule has 1 aromatic heterocycles. The Morgan fingerprint density at radius 3 is 2.32 bits per heavy atom. The Morgan fingerprint density at radius 2 is 1.68 bits per heavy atom. The lowest BCUT2D eigenvalue weighted by atomic mass is 9.88. The number of benzene rings is 1. The number of hydrogen-bond acceptors (Lipinski definition) is 3. The number of Topliss-reactive ketones (excluding diaryl/α,β-unsaturated/α-hetero) is 1. The summed E-state index contributed by atoms with van der Waals surface area (Å²) in [6, 6.07) is 10.7. The lowest BCUT2D eigenvalue weighted by Crippen LogP contribution is -2.40. The average molecular weight is 377 g/mol. The molecule has 0 atom stereocenters. The van der Waals surface area contributed by atoms with Crippen LogP contribution in [-0.2, 0) is 0 Å². The van der Waals surface area contributed by atoms with E-state index in [0.717, 1.165) is 11.1 Å². The Morgan fingerprint density at radius 1 is 1.04 bits per heavy atom. The molecule has 1 aliphatic rings. The fourth-order valence-electron chi connectivity index (χ4n) is 3.02. The van der Waals surface area contributed by atoms with Crippen molar-refractivity contribution >= 4 is 34.9 Å². The van der Waals surface area contributed by atoms with Crippen LogP contribution < -0.4 is 0 Å². The zero-order valence-electron chi connectivity index (χ0n) is 13.8. The lowest BCUT2D eigenvalue weighted by Gasteiger charge is -2.31. The van der Waals surface area contributed by atoms with Crippen LogP contribution in [-0.4, -0.2) is 34.7 Å². The van der Waals surface area contributed by atoms with Crippen molar-refractivity contribution < 1.29 is 9.59 Å². The van der Waals surface area contributed by atoms with Crippen molar-refractivity contribution in [2.75, 3.05) is 13.1 Å². The highest BCUT2D eigenvalue weighted by atomic mass is 35.5. The van der Waals surface area contributed by atoms with Gasteiger partial charge in [0.05, 0.1) is 5.02 Å². The molecule has 0 saturated carbocycles. The number of halogens is 2. The summed E-state index contributed by atoms with van der Waals surface area (Å²) in [5, 5.41) is 0.518. The van der Waals surface area contributed by atoms with Crippen molar-refractivity contribution in [1.29, 1.82) is 0 Å². The zero-order chi connectivity index (χ0) is 18.0. The number of likely N-dealkylation sites (tertiary alicyclic amines) is 1. The monoisotopic (exact) mass is 376 g/mol. The first-order valence-electron chi connectivity index (χ1n) is 8.18. The smallest absolute Gasteiger partial charge is 0.274 e. The molecule has 25 heavy (non-hydrogen) atoms. The number of amides is 1. The Labute approximate surface area is 156 Å². The molecule has 2 heterocycles. The molecule has 1 aliphatic heterocycles. The molecule has 1 saturated heterocycles. The maximum Gasteiger partial charge on any atom is 0.274 e. The summed E-state index contributed by atoms with van der Waals surface area (Å²) in [6.45, 7) is 3.00. The zero-order valence-corrected chi connectivity index (χ0v) is 15.3. The van der Waals surface area contributed by atoms with Gasteiger partial charge in [-0.2, -0.15) is 0 Å². The lowest BCUT2D eigenvalue weighted by molar-refractivity contribution is 0.0646. The maximum absolute atomic E-state index is 12.6. The highest BCUT2D eigenvalue weighted by Gasteiger charge is 2.29. The number of carbonyl (C=O) groups is 2. The third-order valence-corrected chi connectivity index (χ3v) is 5.02. The normalized spacial score (nSPS) is 15.2. The number of carbonyl (C=O) groups excluding carboxylic acids is 2. The van der Waals surface area contributed by atoms with Crippen molar-refractivity contribution in [1.82, 2.24) is 9.88 Å². The molecule has 0 bridgehead atoms. The predicted molar refractivity (Wildman–Crippen MR) is 98.4 cm³/mol. The van der Waals surface area contributed by atoms with Gasteiger partial charge in [0, 0.05) is 24.6 Å². The Hall–Kier alpha value is -1.91. The second-order valence-corrected chi connectivity index (χ2v) is 7.06. The summed E-state index contributed by atoms with van der Waals surface area (Å²) in [4.78, 5) is 30.9. The van der Waals surface area contributed by atoms with Crippen LogP contribution >= 0.6 is 23.2 Å². The molecule has 0 N–H and O–H groups in total. The standard InChI is InChI=1S/C19H18Cl2N2O2/c1-12-2-4-13(5-3-12)18(24)14-8-10-23(11-9-14)19(25)17-15(20)6-7-16(21)22-17/h2-7,14H,8-11H2,1H3. The third kappa shape index (κ3) is 4.02. The number of ketones is 1. The number of rotatable bonds is 3.